The topological polar surface area (TPSA) is 86.7 Å². The number of para-hydroxylation sites is 1. The van der Waals surface area contributed by atoms with Gasteiger partial charge in [-0.3, -0.25) is 4.55 Å². The molecule has 0 spiro atoms. The number of ether oxygens (including phenoxy) is 1. The molecule has 1 N–H and O–H groups in total. The van der Waals surface area contributed by atoms with Crippen LogP contribution in [0.4, 0.5) is 0 Å². The van der Waals surface area contributed by atoms with Gasteiger partial charge in [-0.15, -0.1) is 0 Å². The molecule has 0 unspecified atom stereocenters. The third-order valence-corrected chi connectivity index (χ3v) is 6.05. The molecule has 2 rings (SSSR count). The van der Waals surface area contributed by atoms with Crippen LogP contribution in [0.25, 0.3) is 0 Å². The van der Waals surface area contributed by atoms with Crippen LogP contribution in [-0.2, 0) is 16.5 Å². The molecule has 0 bridgehead atoms. The van der Waals surface area contributed by atoms with Crippen molar-refractivity contribution < 1.29 is 52.4 Å². The summed E-state index contributed by atoms with van der Waals surface area (Å²) in [4.78, 5) is -0.593. The maximum Gasteiger partial charge on any atom is 1.00 e. The van der Waals surface area contributed by atoms with Crippen LogP contribution < -0.4 is 39.4 Å². The minimum Gasteiger partial charge on any atom is -0.871 e. The molecule has 0 atom stereocenters. The summed E-state index contributed by atoms with van der Waals surface area (Å²) in [6, 6.07) is 11.4. The van der Waals surface area contributed by atoms with E-state index in [1.165, 1.54) is 51.0 Å². The Bertz CT molecular complexity index is 869. The van der Waals surface area contributed by atoms with E-state index in [2.05, 4.69) is 6.92 Å². The predicted molar refractivity (Wildman–Crippen MR) is 118 cm³/mol. The van der Waals surface area contributed by atoms with Crippen molar-refractivity contribution in [3.05, 3.63) is 48.0 Å². The smallest absolute Gasteiger partial charge is 0.871 e. The standard InChI is InChI=1S/C24H34O5S.Na/c1-2-3-4-5-6-7-8-9-10-12-15-20-18-24(30(26,27)28)22(25)19-23(20)29-21-16-13-11-14-17-21;/h11,13-14,16-19,25H,2-10,12,15H2,1H3,(H,26,27,28);/q;+1/p-1. The zero-order chi connectivity index (χ0) is 21.8. The number of hydrogen-bond donors (Lipinski definition) is 1. The van der Waals surface area contributed by atoms with Crippen molar-refractivity contribution in [3.8, 4) is 17.2 Å². The summed E-state index contributed by atoms with van der Waals surface area (Å²) < 4.78 is 38.2. The Morgan fingerprint density at radius 3 is 1.97 bits per heavy atom. The van der Waals surface area contributed by atoms with Crippen LogP contribution in [0.1, 0.15) is 76.7 Å². The van der Waals surface area contributed by atoms with Crippen LogP contribution in [0.5, 0.6) is 17.2 Å². The first-order valence-corrected chi connectivity index (χ1v) is 12.4. The quantitative estimate of drug-likeness (QED) is 0.268. The largest absolute Gasteiger partial charge is 1.00 e. The number of benzene rings is 2. The maximum absolute atomic E-state index is 12.2. The molecule has 2 aromatic rings. The second-order valence-electron chi connectivity index (χ2n) is 7.73. The van der Waals surface area contributed by atoms with Gasteiger partial charge in [-0.2, -0.15) is 8.42 Å². The Balaban J connectivity index is 0.00000480. The van der Waals surface area contributed by atoms with Crippen molar-refractivity contribution in [2.45, 2.75) is 82.4 Å². The van der Waals surface area contributed by atoms with Crippen molar-refractivity contribution in [1.29, 1.82) is 0 Å². The fraction of sp³-hybridized carbons (Fsp3) is 0.500. The Morgan fingerprint density at radius 2 is 1.42 bits per heavy atom. The van der Waals surface area contributed by atoms with Crippen LogP contribution in [0.2, 0.25) is 0 Å². The van der Waals surface area contributed by atoms with Crippen molar-refractivity contribution >= 4 is 10.1 Å². The third kappa shape index (κ3) is 10.4. The summed E-state index contributed by atoms with van der Waals surface area (Å²) in [6.45, 7) is 2.22. The summed E-state index contributed by atoms with van der Waals surface area (Å²) in [5, 5.41) is 12.2. The number of hydrogen-bond acceptors (Lipinski definition) is 4. The molecule has 0 aliphatic rings. The zero-order valence-electron chi connectivity index (χ0n) is 18.8. The Morgan fingerprint density at radius 1 is 0.871 bits per heavy atom. The minimum absolute atomic E-state index is 0. The van der Waals surface area contributed by atoms with Crippen molar-refractivity contribution in [1.82, 2.24) is 0 Å². The summed E-state index contributed by atoms with van der Waals surface area (Å²) in [5.41, 5.74) is 0.616. The molecule has 0 fully saturated rings. The van der Waals surface area contributed by atoms with Crippen molar-refractivity contribution in [2.75, 3.05) is 0 Å². The van der Waals surface area contributed by atoms with E-state index in [1.54, 1.807) is 12.1 Å². The van der Waals surface area contributed by atoms with Gasteiger partial charge in [0.2, 0.25) is 0 Å². The average Bonchev–Trinajstić information content (AvgIpc) is 2.70. The molecule has 0 aliphatic carbocycles. The SMILES string of the molecule is CCCCCCCCCCCCc1cc(S(=O)(=O)O)c([O-])cc1Oc1ccccc1.[Na+]. The van der Waals surface area contributed by atoms with E-state index in [0.29, 0.717) is 23.5 Å². The van der Waals surface area contributed by atoms with Crippen LogP contribution >= 0.6 is 0 Å². The van der Waals surface area contributed by atoms with E-state index in [9.17, 15) is 18.1 Å². The van der Waals surface area contributed by atoms with Gasteiger partial charge in [-0.25, -0.2) is 0 Å². The minimum atomic E-state index is -4.57. The number of unbranched alkanes of at least 4 members (excludes halogenated alkanes) is 9. The molecule has 7 heteroatoms. The van der Waals surface area contributed by atoms with Gasteiger partial charge in [0.1, 0.15) is 11.5 Å². The van der Waals surface area contributed by atoms with Gasteiger partial charge in [0.15, 0.2) is 0 Å². The molecule has 0 heterocycles. The van der Waals surface area contributed by atoms with Crippen LogP contribution in [0, 0.1) is 0 Å². The van der Waals surface area contributed by atoms with Gasteiger partial charge in [-0.1, -0.05) is 88.7 Å². The maximum atomic E-state index is 12.2. The summed E-state index contributed by atoms with van der Waals surface area (Å²) >= 11 is 0. The monoisotopic (exact) mass is 456 g/mol. The number of rotatable bonds is 14. The van der Waals surface area contributed by atoms with E-state index in [1.807, 2.05) is 18.2 Å². The van der Waals surface area contributed by atoms with E-state index in [4.69, 9.17) is 4.74 Å². The summed E-state index contributed by atoms with van der Waals surface area (Å²) in [6.07, 6.45) is 12.6. The van der Waals surface area contributed by atoms with Gasteiger partial charge < -0.3 is 9.84 Å². The van der Waals surface area contributed by atoms with Crippen molar-refractivity contribution in [2.24, 2.45) is 0 Å². The molecule has 5 nitrogen and oxygen atoms in total. The van der Waals surface area contributed by atoms with E-state index in [0.717, 1.165) is 25.3 Å². The van der Waals surface area contributed by atoms with Crippen LogP contribution in [0.15, 0.2) is 47.4 Å². The van der Waals surface area contributed by atoms with Crippen LogP contribution in [0.3, 0.4) is 0 Å². The molecule has 0 aliphatic heterocycles. The third-order valence-electron chi connectivity index (χ3n) is 5.18. The van der Waals surface area contributed by atoms with Gasteiger partial charge >= 0.3 is 29.6 Å². The normalized spacial score (nSPS) is 11.2. The fourth-order valence-electron chi connectivity index (χ4n) is 3.49. The fourth-order valence-corrected chi connectivity index (χ4v) is 4.10. The molecular formula is C24H33NaO5S. The molecule has 2 aromatic carbocycles. The first kappa shape index (κ1) is 28.0. The van der Waals surface area contributed by atoms with Gasteiger partial charge in [-0.05, 0) is 42.7 Å². The van der Waals surface area contributed by atoms with Gasteiger partial charge in [0.25, 0.3) is 10.1 Å². The molecular weight excluding hydrogens is 423 g/mol. The van der Waals surface area contributed by atoms with Crippen LogP contribution in [-0.4, -0.2) is 13.0 Å². The summed E-state index contributed by atoms with van der Waals surface area (Å²) in [5.74, 6) is 0.144. The first-order chi connectivity index (χ1) is 14.4. The Kier molecular flexibility index (Phi) is 13.5. The summed E-state index contributed by atoms with van der Waals surface area (Å²) in [7, 11) is -4.57. The molecule has 0 radical (unpaired) electrons. The molecule has 0 amide bonds. The molecule has 0 aromatic heterocycles. The zero-order valence-corrected chi connectivity index (χ0v) is 21.6. The van der Waals surface area contributed by atoms with E-state index in [-0.39, 0.29) is 29.6 Å². The average molecular weight is 457 g/mol. The second kappa shape index (κ2) is 14.9. The molecule has 166 valence electrons. The van der Waals surface area contributed by atoms with Crippen molar-refractivity contribution in [3.63, 3.8) is 0 Å². The van der Waals surface area contributed by atoms with E-state index >= 15 is 0 Å². The first-order valence-electron chi connectivity index (χ1n) is 11.0. The second-order valence-corrected chi connectivity index (χ2v) is 9.12. The molecule has 31 heavy (non-hydrogen) atoms. The number of aryl methyl sites for hydroxylation is 1. The van der Waals surface area contributed by atoms with E-state index < -0.39 is 20.8 Å². The van der Waals surface area contributed by atoms with Gasteiger partial charge in [0.05, 0.1) is 4.90 Å². The Hall–Kier alpha value is -1.05. The molecule has 0 saturated carbocycles. The molecule has 0 saturated heterocycles. The van der Waals surface area contributed by atoms with Gasteiger partial charge in [0, 0.05) is 0 Å². The Labute approximate surface area is 209 Å². The predicted octanol–water partition coefficient (Wildman–Crippen LogP) is 3.27.